The number of rotatable bonds is 3. The lowest BCUT2D eigenvalue weighted by Crippen LogP contribution is -2.14. The number of hydrogen-bond donors (Lipinski definition) is 1. The van der Waals surface area contributed by atoms with Gasteiger partial charge < -0.3 is 9.84 Å². The number of carbonyl (C=O) groups excluding carboxylic acids is 2. The monoisotopic (exact) mass is 288 g/mol. The zero-order valence-corrected chi connectivity index (χ0v) is 12.8. The Kier molecular flexibility index (Phi) is 4.16. The lowest BCUT2D eigenvalue weighted by Gasteiger charge is -2.11. The molecule has 0 aromatic carbocycles. The maximum atomic E-state index is 11.2. The van der Waals surface area contributed by atoms with Crippen molar-refractivity contribution in [2.45, 2.75) is 40.2 Å². The van der Waals surface area contributed by atoms with Crippen LogP contribution in [0.15, 0.2) is 29.5 Å². The Morgan fingerprint density at radius 3 is 2.24 bits per heavy atom. The van der Waals surface area contributed by atoms with Crippen molar-refractivity contribution < 1.29 is 19.4 Å². The van der Waals surface area contributed by atoms with Gasteiger partial charge in [-0.15, -0.1) is 0 Å². The molecule has 1 heterocycles. The minimum absolute atomic E-state index is 0.198. The highest BCUT2D eigenvalue weighted by Crippen LogP contribution is 2.41. The van der Waals surface area contributed by atoms with E-state index in [0.29, 0.717) is 12.3 Å². The van der Waals surface area contributed by atoms with Gasteiger partial charge in [0, 0.05) is 0 Å². The van der Waals surface area contributed by atoms with Gasteiger partial charge in [0.05, 0.1) is 0 Å². The molecule has 0 radical (unpaired) electrons. The van der Waals surface area contributed by atoms with Crippen LogP contribution in [0.25, 0.3) is 11.1 Å². The zero-order chi connectivity index (χ0) is 15.7. The summed E-state index contributed by atoms with van der Waals surface area (Å²) in [6.45, 7) is 7.30. The highest BCUT2D eigenvalue weighted by atomic mass is 16.6. The minimum atomic E-state index is -0.708. The van der Waals surface area contributed by atoms with Crippen LogP contribution in [0.1, 0.15) is 32.8 Å². The van der Waals surface area contributed by atoms with Gasteiger partial charge in [0.2, 0.25) is 0 Å². The van der Waals surface area contributed by atoms with Crippen molar-refractivity contribution in [3.05, 3.63) is 35.1 Å². The van der Waals surface area contributed by atoms with E-state index in [1.165, 1.54) is 23.6 Å². The maximum Gasteiger partial charge on any atom is 0.346 e. The molecule has 112 valence electrons. The van der Waals surface area contributed by atoms with Crippen molar-refractivity contribution in [1.82, 2.24) is 0 Å². The molecular formula is C17H20O4. The third kappa shape index (κ3) is 3.15. The van der Waals surface area contributed by atoms with Gasteiger partial charge >= 0.3 is 5.97 Å². The van der Waals surface area contributed by atoms with E-state index in [-0.39, 0.29) is 11.3 Å². The third-order valence-corrected chi connectivity index (χ3v) is 3.61. The molecule has 1 unspecified atom stereocenters. The quantitative estimate of drug-likeness (QED) is 0.695. The number of cyclic esters (lactones) is 1. The molecule has 1 N–H and O–H groups in total. The van der Waals surface area contributed by atoms with Gasteiger partial charge in [-0.3, -0.25) is 4.79 Å². The lowest BCUT2D eigenvalue weighted by molar-refractivity contribution is -0.141. The Morgan fingerprint density at radius 2 is 1.90 bits per heavy atom. The van der Waals surface area contributed by atoms with E-state index in [4.69, 9.17) is 4.74 Å². The van der Waals surface area contributed by atoms with E-state index in [1.807, 2.05) is 13.8 Å². The van der Waals surface area contributed by atoms with Crippen LogP contribution in [0.2, 0.25) is 0 Å². The second-order valence-electron chi connectivity index (χ2n) is 5.82. The first-order valence-corrected chi connectivity index (χ1v) is 7.08. The summed E-state index contributed by atoms with van der Waals surface area (Å²) in [6.07, 6.45) is -0.102. The third-order valence-electron chi connectivity index (χ3n) is 3.61. The van der Waals surface area contributed by atoms with E-state index < -0.39 is 17.9 Å². The van der Waals surface area contributed by atoms with E-state index in [9.17, 15) is 14.7 Å². The Labute approximate surface area is 124 Å². The number of esters is 1. The molecular weight excluding hydrogens is 268 g/mol. The molecule has 2 aliphatic carbocycles. The van der Waals surface area contributed by atoms with Crippen molar-refractivity contribution in [2.24, 2.45) is 5.92 Å². The van der Waals surface area contributed by atoms with Gasteiger partial charge in [0.15, 0.2) is 17.6 Å². The van der Waals surface area contributed by atoms with Gasteiger partial charge in [-0.2, -0.15) is 0 Å². The normalized spacial score (nSPS) is 18.3. The highest BCUT2D eigenvalue weighted by Gasteiger charge is 2.36. The summed E-state index contributed by atoms with van der Waals surface area (Å²) in [6, 6.07) is 6.41. The van der Waals surface area contributed by atoms with Crippen LogP contribution in [0.4, 0.5) is 0 Å². The number of ether oxygens (including phenoxy) is 1. The van der Waals surface area contributed by atoms with Crippen molar-refractivity contribution in [3.63, 3.8) is 0 Å². The number of Topliss-reactive ketones (excluding diaryl/α,β-unsaturated/α-hetero) is 1. The molecule has 1 atom stereocenters. The van der Waals surface area contributed by atoms with Gasteiger partial charge in [0.25, 0.3) is 0 Å². The van der Waals surface area contributed by atoms with Gasteiger partial charge in [-0.25, -0.2) is 4.79 Å². The Hall–Kier alpha value is -2.10. The molecule has 4 nitrogen and oxygen atoms in total. The minimum Gasteiger partial charge on any atom is -0.507 e. The molecule has 0 aromatic heterocycles. The fourth-order valence-corrected chi connectivity index (χ4v) is 2.41. The first kappa shape index (κ1) is 15.3. The van der Waals surface area contributed by atoms with Crippen LogP contribution in [-0.4, -0.2) is 23.0 Å². The lowest BCUT2D eigenvalue weighted by atomic mass is 10.0. The van der Waals surface area contributed by atoms with E-state index in [0.717, 1.165) is 0 Å². The summed E-state index contributed by atoms with van der Waals surface area (Å²) in [4.78, 5) is 22.1. The Bertz CT molecular complexity index is 605. The molecule has 21 heavy (non-hydrogen) atoms. The summed E-state index contributed by atoms with van der Waals surface area (Å²) >= 11 is 0. The van der Waals surface area contributed by atoms with Crippen molar-refractivity contribution in [2.75, 3.05) is 0 Å². The average Bonchev–Trinajstić information content (AvgIpc) is 2.78. The van der Waals surface area contributed by atoms with Crippen LogP contribution < -0.4 is 0 Å². The number of ketones is 1. The smallest absolute Gasteiger partial charge is 0.346 e. The number of aliphatic hydroxyl groups excluding tert-OH is 1. The fraction of sp³-hybridized carbons (Fsp3) is 0.412. The molecule has 0 saturated heterocycles. The first-order chi connectivity index (χ1) is 9.82. The number of aryl methyl sites for hydroxylation is 1. The van der Waals surface area contributed by atoms with Crippen molar-refractivity contribution in [3.8, 4) is 11.1 Å². The second-order valence-corrected chi connectivity index (χ2v) is 5.82. The molecule has 0 amide bonds. The second kappa shape index (κ2) is 5.72. The van der Waals surface area contributed by atoms with Crippen LogP contribution in [-0.2, 0) is 14.3 Å². The van der Waals surface area contributed by atoms with E-state index in [2.05, 4.69) is 25.1 Å². The summed E-state index contributed by atoms with van der Waals surface area (Å²) in [7, 11) is 0. The van der Waals surface area contributed by atoms with Crippen LogP contribution in [0.3, 0.4) is 0 Å². The molecule has 0 aromatic rings. The SMILES string of the molecule is CC(=O)C1=C(O)C(CC(C)C)OC1=O.Cc1c2cccc1-2. The Morgan fingerprint density at radius 1 is 1.33 bits per heavy atom. The first-order valence-electron chi connectivity index (χ1n) is 7.08. The topological polar surface area (TPSA) is 63.6 Å². The highest BCUT2D eigenvalue weighted by molar-refractivity contribution is 6.18. The summed E-state index contributed by atoms with van der Waals surface area (Å²) in [5.74, 6) is -1.07. The van der Waals surface area contributed by atoms with Crippen molar-refractivity contribution >= 4 is 11.8 Å². The largest absolute Gasteiger partial charge is 0.507 e. The molecule has 3 rings (SSSR count). The molecule has 0 spiro atoms. The number of benzene rings is 1. The fourth-order valence-electron chi connectivity index (χ4n) is 2.41. The van der Waals surface area contributed by atoms with Gasteiger partial charge in [0.1, 0.15) is 5.57 Å². The number of hydrogen-bond acceptors (Lipinski definition) is 4. The average molecular weight is 288 g/mol. The van der Waals surface area contributed by atoms with E-state index >= 15 is 0 Å². The predicted octanol–water partition coefficient (Wildman–Crippen LogP) is 3.33. The molecule has 3 aliphatic rings. The van der Waals surface area contributed by atoms with Crippen LogP contribution in [0, 0.1) is 12.8 Å². The summed E-state index contributed by atoms with van der Waals surface area (Å²) < 4.78 is 4.87. The standard InChI is InChI=1S/C10H14O4.C7H6/c1-5(2)4-7-9(12)8(6(3)11)10(13)14-7;1-5-6-3-2-4-7(5)6/h5,7,12H,4H2,1-3H3;2-4H,1H3. The zero-order valence-electron chi connectivity index (χ0n) is 12.8. The predicted molar refractivity (Wildman–Crippen MR) is 79.8 cm³/mol. The maximum absolute atomic E-state index is 11.2. The summed E-state index contributed by atoms with van der Waals surface area (Å²) in [5.41, 5.74) is 4.23. The summed E-state index contributed by atoms with van der Waals surface area (Å²) in [5, 5.41) is 9.55. The molecule has 0 bridgehead atoms. The van der Waals surface area contributed by atoms with Gasteiger partial charge in [-0.05, 0) is 42.9 Å². The van der Waals surface area contributed by atoms with E-state index in [1.54, 1.807) is 0 Å². The van der Waals surface area contributed by atoms with Crippen molar-refractivity contribution in [1.29, 1.82) is 0 Å². The molecule has 4 heteroatoms. The molecule has 0 fully saturated rings. The number of fused-ring (bicyclic) bond motifs is 1. The Balaban J connectivity index is 0.000000189. The molecule has 1 aliphatic heterocycles. The van der Waals surface area contributed by atoms with Crippen LogP contribution in [0.5, 0.6) is 0 Å². The molecule has 0 saturated carbocycles. The number of aliphatic hydroxyl groups is 1. The van der Waals surface area contributed by atoms with Crippen LogP contribution >= 0.6 is 0 Å². The van der Waals surface area contributed by atoms with Gasteiger partial charge in [-0.1, -0.05) is 32.0 Å². The number of carbonyl (C=O) groups is 2.